The monoisotopic (exact) mass is 345 g/mol. The number of hydrogen-bond acceptors (Lipinski definition) is 4. The van der Waals surface area contributed by atoms with Gasteiger partial charge in [-0.2, -0.15) is 0 Å². The fraction of sp³-hybridized carbons (Fsp3) is 0.118. The van der Waals surface area contributed by atoms with Gasteiger partial charge in [-0.15, -0.1) is 5.10 Å². The molecule has 3 rings (SSSR count). The summed E-state index contributed by atoms with van der Waals surface area (Å²) in [5.74, 6) is -0.614. The van der Waals surface area contributed by atoms with E-state index in [1.807, 2.05) is 0 Å². The molecule has 5 nitrogen and oxygen atoms in total. The van der Waals surface area contributed by atoms with Gasteiger partial charge in [-0.25, -0.2) is 18.9 Å². The number of benzene rings is 2. The molecular weight excluding hydrogens is 333 g/mol. The first-order chi connectivity index (χ1) is 11.6. The van der Waals surface area contributed by atoms with Crippen molar-refractivity contribution in [1.82, 2.24) is 14.8 Å². The normalized spacial score (nSPS) is 10.6. The minimum absolute atomic E-state index is 0.0217. The number of carbonyl (C=O) groups excluding carboxylic acids is 1. The van der Waals surface area contributed by atoms with E-state index >= 15 is 0 Å². The summed E-state index contributed by atoms with van der Waals surface area (Å²) in [4.78, 5) is 16.4. The lowest BCUT2D eigenvalue weighted by Crippen LogP contribution is -2.13. The van der Waals surface area contributed by atoms with Crippen LogP contribution in [0.5, 0.6) is 0 Å². The Morgan fingerprint density at radius 3 is 2.46 bits per heavy atom. The van der Waals surface area contributed by atoms with E-state index in [1.165, 1.54) is 28.9 Å². The third kappa shape index (κ3) is 3.28. The summed E-state index contributed by atoms with van der Waals surface area (Å²) in [5.41, 5.74) is 1.21. The summed E-state index contributed by atoms with van der Waals surface area (Å²) in [6, 6.07) is 12.5. The number of ether oxygens (including phenoxy) is 1. The molecule has 122 valence electrons. The molecule has 0 spiro atoms. The maximum Gasteiger partial charge on any atom is 0.376 e. The van der Waals surface area contributed by atoms with Crippen molar-refractivity contribution in [2.45, 2.75) is 6.92 Å². The zero-order valence-corrected chi connectivity index (χ0v) is 13.5. The highest BCUT2D eigenvalue weighted by Gasteiger charge is 2.20. The quantitative estimate of drug-likeness (QED) is 0.673. The lowest BCUT2D eigenvalue weighted by atomic mass is 10.2. The Bertz CT molecular complexity index is 861. The van der Waals surface area contributed by atoms with Crippen LogP contribution in [0, 0.1) is 5.82 Å². The van der Waals surface area contributed by atoms with Crippen molar-refractivity contribution in [1.29, 1.82) is 0 Å². The van der Waals surface area contributed by atoms with Gasteiger partial charge in [0.05, 0.1) is 12.3 Å². The van der Waals surface area contributed by atoms with Gasteiger partial charge in [-0.05, 0) is 55.5 Å². The number of carbonyl (C=O) groups is 1. The Morgan fingerprint density at radius 2 is 1.83 bits per heavy atom. The van der Waals surface area contributed by atoms with Crippen LogP contribution < -0.4 is 0 Å². The molecule has 0 aliphatic heterocycles. The first-order valence-electron chi connectivity index (χ1n) is 7.24. The van der Waals surface area contributed by atoms with E-state index in [0.29, 0.717) is 22.1 Å². The maximum absolute atomic E-state index is 13.1. The van der Waals surface area contributed by atoms with E-state index in [0.717, 1.165) is 0 Å². The van der Waals surface area contributed by atoms with Gasteiger partial charge in [-0.1, -0.05) is 11.6 Å². The lowest BCUT2D eigenvalue weighted by Gasteiger charge is -2.04. The number of nitrogens with zero attached hydrogens (tertiary/aromatic N) is 3. The number of esters is 1. The molecule has 0 fully saturated rings. The average Bonchev–Trinajstić information content (AvgIpc) is 3.02. The molecule has 0 aliphatic rings. The van der Waals surface area contributed by atoms with Crippen molar-refractivity contribution in [2.24, 2.45) is 0 Å². The standard InChI is InChI=1S/C17H13ClFN3O2/c1-2-24-17(23)16-20-15(11-3-5-12(18)6-4-11)21-22(16)14-9-7-13(19)8-10-14/h3-10H,2H2,1H3. The molecule has 0 radical (unpaired) electrons. The molecule has 7 heteroatoms. The van der Waals surface area contributed by atoms with Gasteiger partial charge < -0.3 is 4.74 Å². The van der Waals surface area contributed by atoms with Crippen molar-refractivity contribution >= 4 is 17.6 Å². The van der Waals surface area contributed by atoms with Gasteiger partial charge in [0.15, 0.2) is 5.82 Å². The van der Waals surface area contributed by atoms with Crippen molar-refractivity contribution in [3.05, 3.63) is 65.2 Å². The van der Waals surface area contributed by atoms with Gasteiger partial charge in [0, 0.05) is 10.6 Å². The first-order valence-corrected chi connectivity index (χ1v) is 7.62. The Hall–Kier alpha value is -2.73. The van der Waals surface area contributed by atoms with Gasteiger partial charge >= 0.3 is 5.97 Å². The zero-order valence-electron chi connectivity index (χ0n) is 12.7. The molecule has 0 saturated carbocycles. The largest absolute Gasteiger partial charge is 0.460 e. The Morgan fingerprint density at radius 1 is 1.17 bits per heavy atom. The Balaban J connectivity index is 2.10. The highest BCUT2D eigenvalue weighted by Crippen LogP contribution is 2.21. The van der Waals surface area contributed by atoms with E-state index in [-0.39, 0.29) is 18.2 Å². The van der Waals surface area contributed by atoms with Gasteiger partial charge in [0.1, 0.15) is 5.82 Å². The van der Waals surface area contributed by atoms with Crippen LogP contribution in [0.25, 0.3) is 17.1 Å². The van der Waals surface area contributed by atoms with Crippen LogP contribution >= 0.6 is 11.6 Å². The summed E-state index contributed by atoms with van der Waals surface area (Å²) in [7, 11) is 0. The van der Waals surface area contributed by atoms with Gasteiger partial charge in [-0.3, -0.25) is 0 Å². The van der Waals surface area contributed by atoms with Crippen LogP contribution in [0.3, 0.4) is 0 Å². The summed E-state index contributed by atoms with van der Waals surface area (Å²) in [6.45, 7) is 1.92. The van der Waals surface area contributed by atoms with Crippen molar-refractivity contribution in [3.8, 4) is 17.1 Å². The first kappa shape index (κ1) is 16.1. The highest BCUT2D eigenvalue weighted by molar-refractivity contribution is 6.30. The molecule has 0 bridgehead atoms. The number of aromatic nitrogens is 3. The van der Waals surface area contributed by atoms with Crippen LogP contribution in [0.2, 0.25) is 5.02 Å². The molecular formula is C17H13ClFN3O2. The summed E-state index contributed by atoms with van der Waals surface area (Å²) in [6.07, 6.45) is 0. The molecule has 1 aromatic heterocycles. The van der Waals surface area contributed by atoms with Crippen molar-refractivity contribution in [2.75, 3.05) is 6.61 Å². The molecule has 0 atom stereocenters. The topological polar surface area (TPSA) is 57.0 Å². The molecule has 0 unspecified atom stereocenters. The molecule has 0 amide bonds. The molecule has 1 heterocycles. The van der Waals surface area contributed by atoms with E-state index < -0.39 is 5.97 Å². The zero-order chi connectivity index (χ0) is 17.1. The Labute approximate surface area is 142 Å². The summed E-state index contributed by atoms with van der Waals surface area (Å²) < 4.78 is 19.5. The van der Waals surface area contributed by atoms with Crippen molar-refractivity contribution in [3.63, 3.8) is 0 Å². The predicted octanol–water partition coefficient (Wildman–Crippen LogP) is 3.90. The third-order valence-electron chi connectivity index (χ3n) is 3.24. The Kier molecular flexibility index (Phi) is 4.57. The van der Waals surface area contributed by atoms with Crippen LogP contribution in [0.4, 0.5) is 4.39 Å². The molecule has 24 heavy (non-hydrogen) atoms. The fourth-order valence-corrected chi connectivity index (χ4v) is 2.25. The number of hydrogen-bond donors (Lipinski definition) is 0. The third-order valence-corrected chi connectivity index (χ3v) is 3.49. The molecule has 0 N–H and O–H groups in total. The minimum Gasteiger partial charge on any atom is -0.460 e. The van der Waals surface area contributed by atoms with Crippen LogP contribution in [0.1, 0.15) is 17.5 Å². The molecule has 2 aromatic carbocycles. The van der Waals surface area contributed by atoms with Gasteiger partial charge in [0.2, 0.25) is 5.82 Å². The second-order valence-electron chi connectivity index (χ2n) is 4.87. The number of halogens is 2. The molecule has 0 saturated heterocycles. The van der Waals surface area contributed by atoms with Crippen LogP contribution in [-0.2, 0) is 4.74 Å². The molecule has 3 aromatic rings. The maximum atomic E-state index is 13.1. The molecule has 0 aliphatic carbocycles. The van der Waals surface area contributed by atoms with Crippen LogP contribution in [-0.4, -0.2) is 27.3 Å². The van der Waals surface area contributed by atoms with Crippen LogP contribution in [0.15, 0.2) is 48.5 Å². The lowest BCUT2D eigenvalue weighted by molar-refractivity contribution is 0.0508. The second kappa shape index (κ2) is 6.80. The van der Waals surface area contributed by atoms with Crippen molar-refractivity contribution < 1.29 is 13.9 Å². The minimum atomic E-state index is -0.602. The number of rotatable bonds is 4. The second-order valence-corrected chi connectivity index (χ2v) is 5.31. The van der Waals surface area contributed by atoms with E-state index in [1.54, 1.807) is 31.2 Å². The smallest absolute Gasteiger partial charge is 0.376 e. The summed E-state index contributed by atoms with van der Waals surface area (Å²) >= 11 is 5.88. The van der Waals surface area contributed by atoms with E-state index in [9.17, 15) is 9.18 Å². The predicted molar refractivity (Wildman–Crippen MR) is 87.7 cm³/mol. The highest BCUT2D eigenvalue weighted by atomic mass is 35.5. The fourth-order valence-electron chi connectivity index (χ4n) is 2.12. The van der Waals surface area contributed by atoms with E-state index in [2.05, 4.69) is 10.1 Å². The average molecular weight is 346 g/mol. The summed E-state index contributed by atoms with van der Waals surface area (Å²) in [5, 5.41) is 4.94. The van der Waals surface area contributed by atoms with E-state index in [4.69, 9.17) is 16.3 Å². The SMILES string of the molecule is CCOC(=O)c1nc(-c2ccc(Cl)cc2)nn1-c1ccc(F)cc1. The van der Waals surface area contributed by atoms with Gasteiger partial charge in [0.25, 0.3) is 0 Å².